The quantitative estimate of drug-likeness (QED) is 0.306. The molecule has 0 fully saturated rings. The second-order valence-corrected chi connectivity index (χ2v) is 4.33. The smallest absolute Gasteiger partial charge is 0.269 e. The second-order valence-electron chi connectivity index (χ2n) is 4.33. The van der Waals surface area contributed by atoms with Gasteiger partial charge in [-0.3, -0.25) is 14.9 Å². The van der Waals surface area contributed by atoms with Gasteiger partial charge in [0.05, 0.1) is 11.0 Å². The van der Waals surface area contributed by atoms with Crippen molar-refractivity contribution in [1.29, 1.82) is 0 Å². The first-order valence-corrected chi connectivity index (χ1v) is 5.76. The van der Waals surface area contributed by atoms with Crippen LogP contribution in [-0.2, 0) is 0 Å². The number of carbonyl (C=O) groups excluding carboxylic acids is 1. The number of hydrogen-bond donors (Lipinski definition) is 4. The molecule has 0 radical (unpaired) electrons. The van der Waals surface area contributed by atoms with Crippen LogP contribution in [0.4, 0.5) is 5.69 Å². The van der Waals surface area contributed by atoms with Gasteiger partial charge in [-0.15, -0.1) is 0 Å². The van der Waals surface area contributed by atoms with Gasteiger partial charge in [-0.05, 0) is 19.1 Å². The predicted molar refractivity (Wildman–Crippen MR) is 67.1 cm³/mol. The lowest BCUT2D eigenvalue weighted by molar-refractivity contribution is -0.384. The van der Waals surface area contributed by atoms with E-state index in [9.17, 15) is 30.2 Å². The van der Waals surface area contributed by atoms with Crippen LogP contribution in [0, 0.1) is 10.1 Å². The third-order valence-electron chi connectivity index (χ3n) is 2.80. The fourth-order valence-electron chi connectivity index (χ4n) is 1.55. The molecule has 0 saturated carbocycles. The number of nitro groups is 1. The van der Waals surface area contributed by atoms with Crippen molar-refractivity contribution < 1.29 is 30.1 Å². The van der Waals surface area contributed by atoms with E-state index in [1.807, 2.05) is 0 Å². The van der Waals surface area contributed by atoms with E-state index in [1.54, 1.807) is 0 Å². The first-order chi connectivity index (χ1) is 9.25. The number of benzene rings is 1. The molecule has 1 aromatic rings. The summed E-state index contributed by atoms with van der Waals surface area (Å²) in [5, 5.41) is 48.1. The highest BCUT2D eigenvalue weighted by molar-refractivity contribution is 5.99. The topological polar surface area (TPSA) is 141 Å². The van der Waals surface area contributed by atoms with Gasteiger partial charge in [-0.2, -0.15) is 0 Å². The van der Waals surface area contributed by atoms with Crippen LogP contribution in [0.5, 0.6) is 0 Å². The van der Waals surface area contributed by atoms with Gasteiger partial charge in [0.1, 0.15) is 18.3 Å². The zero-order chi connectivity index (χ0) is 15.4. The van der Waals surface area contributed by atoms with Crippen molar-refractivity contribution in [3.63, 3.8) is 0 Å². The van der Waals surface area contributed by atoms with E-state index in [0.717, 1.165) is 24.3 Å². The number of Topliss-reactive ketones (excluding diaryl/α,β-unsaturated/α-hetero) is 1. The number of non-ortho nitro benzene ring substituents is 1. The number of nitro benzene ring substituents is 1. The van der Waals surface area contributed by atoms with E-state index in [1.165, 1.54) is 6.92 Å². The number of aliphatic hydroxyl groups excluding tert-OH is 4. The van der Waals surface area contributed by atoms with Crippen LogP contribution in [0.25, 0.3) is 0 Å². The summed E-state index contributed by atoms with van der Waals surface area (Å²) in [6.07, 6.45) is -6.82. The fourth-order valence-corrected chi connectivity index (χ4v) is 1.55. The minimum Gasteiger partial charge on any atom is -0.391 e. The molecule has 4 N–H and O–H groups in total. The highest BCUT2D eigenvalue weighted by Gasteiger charge is 2.33. The third-order valence-corrected chi connectivity index (χ3v) is 2.80. The number of rotatable bonds is 6. The molecule has 0 aliphatic heterocycles. The summed E-state index contributed by atoms with van der Waals surface area (Å²) in [5.74, 6) is -0.910. The molecule has 0 aliphatic rings. The largest absolute Gasteiger partial charge is 0.391 e. The second kappa shape index (κ2) is 6.53. The first kappa shape index (κ1) is 16.2. The van der Waals surface area contributed by atoms with Gasteiger partial charge in [0.25, 0.3) is 5.69 Å². The van der Waals surface area contributed by atoms with Gasteiger partial charge in [0.15, 0.2) is 5.78 Å². The van der Waals surface area contributed by atoms with E-state index < -0.39 is 35.1 Å². The molecule has 0 unspecified atom stereocenters. The molecule has 8 nitrogen and oxygen atoms in total. The van der Waals surface area contributed by atoms with Crippen molar-refractivity contribution in [2.45, 2.75) is 31.3 Å². The molecule has 8 heteroatoms. The summed E-state index contributed by atoms with van der Waals surface area (Å²) in [6.45, 7) is 1.19. The number of carbonyl (C=O) groups is 1. The average Bonchev–Trinajstić information content (AvgIpc) is 2.44. The zero-order valence-corrected chi connectivity index (χ0v) is 10.6. The van der Waals surface area contributed by atoms with Crippen LogP contribution < -0.4 is 0 Å². The van der Waals surface area contributed by atoms with Gasteiger partial charge < -0.3 is 20.4 Å². The first-order valence-electron chi connectivity index (χ1n) is 5.76. The molecule has 110 valence electrons. The average molecular weight is 285 g/mol. The van der Waals surface area contributed by atoms with E-state index in [4.69, 9.17) is 5.11 Å². The Labute approximate surface area is 114 Å². The van der Waals surface area contributed by atoms with E-state index in [0.29, 0.717) is 0 Å². The van der Waals surface area contributed by atoms with Crippen LogP contribution in [0.1, 0.15) is 17.3 Å². The zero-order valence-electron chi connectivity index (χ0n) is 10.6. The molecule has 0 bridgehead atoms. The highest BCUT2D eigenvalue weighted by Crippen LogP contribution is 2.15. The van der Waals surface area contributed by atoms with Crippen molar-refractivity contribution in [2.24, 2.45) is 0 Å². The standard InChI is InChI=1S/C12H15NO7/c1-6(14)9(15)11(17)12(18)10(16)7-2-4-8(5-3-7)13(19)20/h2-6,9,11-12,14-15,17-18H,1H3/t6-,9+,11+,12+/m1/s1. The minimum absolute atomic E-state index is 0.0556. The molecule has 0 saturated heterocycles. The summed E-state index contributed by atoms with van der Waals surface area (Å²) < 4.78 is 0. The predicted octanol–water partition coefficient (Wildman–Crippen LogP) is -0.759. The normalized spacial score (nSPS) is 17.1. The maximum Gasteiger partial charge on any atom is 0.269 e. The Morgan fingerprint density at radius 1 is 1.10 bits per heavy atom. The van der Waals surface area contributed by atoms with Crippen molar-refractivity contribution in [3.8, 4) is 0 Å². The highest BCUT2D eigenvalue weighted by atomic mass is 16.6. The van der Waals surface area contributed by atoms with Crippen LogP contribution in [-0.4, -0.2) is 55.5 Å². The van der Waals surface area contributed by atoms with Crippen molar-refractivity contribution in [1.82, 2.24) is 0 Å². The molecule has 0 spiro atoms. The number of hydrogen-bond acceptors (Lipinski definition) is 7. The molecule has 1 aromatic carbocycles. The Morgan fingerprint density at radius 3 is 2.00 bits per heavy atom. The molecule has 1 rings (SSSR count). The summed E-state index contributed by atoms with van der Waals surface area (Å²) >= 11 is 0. The number of nitrogens with zero attached hydrogens (tertiary/aromatic N) is 1. The molecule has 0 aliphatic carbocycles. The van der Waals surface area contributed by atoms with Crippen LogP contribution in [0.15, 0.2) is 24.3 Å². The van der Waals surface area contributed by atoms with E-state index >= 15 is 0 Å². The number of ketones is 1. The maximum atomic E-state index is 11.8. The molecule has 0 heterocycles. The summed E-state index contributed by atoms with van der Waals surface area (Å²) in [5.41, 5.74) is -0.277. The van der Waals surface area contributed by atoms with E-state index in [-0.39, 0.29) is 11.3 Å². The van der Waals surface area contributed by atoms with Crippen molar-refractivity contribution in [2.75, 3.05) is 0 Å². The number of aliphatic hydroxyl groups is 4. The van der Waals surface area contributed by atoms with Gasteiger partial charge in [0.2, 0.25) is 0 Å². The Bertz CT molecular complexity index is 485. The fraction of sp³-hybridized carbons (Fsp3) is 0.417. The van der Waals surface area contributed by atoms with Crippen LogP contribution in [0.3, 0.4) is 0 Å². The Kier molecular flexibility index (Phi) is 5.28. The van der Waals surface area contributed by atoms with Gasteiger partial charge in [-0.1, -0.05) is 0 Å². The van der Waals surface area contributed by atoms with E-state index in [2.05, 4.69) is 0 Å². The van der Waals surface area contributed by atoms with Gasteiger partial charge in [-0.25, -0.2) is 0 Å². The molecular weight excluding hydrogens is 270 g/mol. The van der Waals surface area contributed by atoms with Crippen LogP contribution >= 0.6 is 0 Å². The Morgan fingerprint density at radius 2 is 1.60 bits per heavy atom. The van der Waals surface area contributed by atoms with Crippen LogP contribution in [0.2, 0.25) is 0 Å². The summed E-state index contributed by atoms with van der Waals surface area (Å²) in [7, 11) is 0. The maximum absolute atomic E-state index is 11.8. The lowest BCUT2D eigenvalue weighted by Crippen LogP contribution is -2.46. The summed E-state index contributed by atoms with van der Waals surface area (Å²) in [6, 6.07) is 4.42. The Hall–Kier alpha value is -1.87. The third kappa shape index (κ3) is 3.58. The molecule has 0 amide bonds. The summed E-state index contributed by atoms with van der Waals surface area (Å²) in [4.78, 5) is 21.6. The lowest BCUT2D eigenvalue weighted by Gasteiger charge is -2.23. The lowest BCUT2D eigenvalue weighted by atomic mass is 9.97. The monoisotopic (exact) mass is 285 g/mol. The molecular formula is C12H15NO7. The van der Waals surface area contributed by atoms with Gasteiger partial charge in [0, 0.05) is 17.7 Å². The molecule has 0 aromatic heterocycles. The molecule has 4 atom stereocenters. The SMILES string of the molecule is C[C@@H](O)[C@H](O)[C@H](O)[C@@H](O)C(=O)c1ccc([N+](=O)[O-])cc1. The van der Waals surface area contributed by atoms with Gasteiger partial charge >= 0.3 is 0 Å². The van der Waals surface area contributed by atoms with Crippen molar-refractivity contribution in [3.05, 3.63) is 39.9 Å². The molecule has 20 heavy (non-hydrogen) atoms. The Balaban J connectivity index is 2.86. The minimum atomic E-state index is -1.94. The van der Waals surface area contributed by atoms with Crippen molar-refractivity contribution >= 4 is 11.5 Å².